The van der Waals surface area contributed by atoms with Crippen LogP contribution in [0.25, 0.3) is 0 Å². The Morgan fingerprint density at radius 3 is 2.41 bits per heavy atom. The number of amides is 2. The van der Waals surface area contributed by atoms with Gasteiger partial charge in [0.15, 0.2) is 0 Å². The van der Waals surface area contributed by atoms with E-state index in [1.807, 2.05) is 13.8 Å². The van der Waals surface area contributed by atoms with E-state index in [0.717, 1.165) is 0 Å². The van der Waals surface area contributed by atoms with Gasteiger partial charge in [0.1, 0.15) is 11.2 Å². The molecule has 1 aromatic heterocycles. The molecule has 0 bridgehead atoms. The summed E-state index contributed by atoms with van der Waals surface area (Å²) in [5.74, 6) is -1.51. The number of hydrogen-bond donors (Lipinski definition) is 2. The van der Waals surface area contributed by atoms with E-state index in [4.69, 9.17) is 5.73 Å². The number of esters is 1. The molecule has 0 aromatic carbocycles. The summed E-state index contributed by atoms with van der Waals surface area (Å²) < 4.78 is 4.55. The highest BCUT2D eigenvalue weighted by Gasteiger charge is 2.34. The maximum absolute atomic E-state index is 12.2. The number of nitrogens with one attached hydrogen (secondary N) is 1. The summed E-state index contributed by atoms with van der Waals surface area (Å²) in [5, 5.41) is 2.61. The summed E-state index contributed by atoms with van der Waals surface area (Å²) in [6.45, 7) is 5.43. The first-order valence-electron chi connectivity index (χ1n) is 6.86. The van der Waals surface area contributed by atoms with E-state index in [2.05, 4.69) is 15.0 Å². The lowest BCUT2D eigenvalue weighted by Crippen LogP contribution is -2.56. The number of nitrogens with two attached hydrogens (primary N) is 1. The second-order valence-electron chi connectivity index (χ2n) is 5.67. The lowest BCUT2D eigenvalue weighted by atomic mass is 9.90. The molecule has 1 unspecified atom stereocenters. The maximum atomic E-state index is 12.2. The van der Waals surface area contributed by atoms with Crippen LogP contribution in [-0.4, -0.2) is 35.4 Å². The highest BCUT2D eigenvalue weighted by atomic mass is 16.5. The zero-order valence-corrected chi connectivity index (χ0v) is 13.2. The highest BCUT2D eigenvalue weighted by Crippen LogP contribution is 2.17. The predicted molar refractivity (Wildman–Crippen MR) is 80.1 cm³/mol. The molecule has 0 saturated carbocycles. The Balaban J connectivity index is 2.91. The van der Waals surface area contributed by atoms with E-state index in [0.29, 0.717) is 6.42 Å². The highest BCUT2D eigenvalue weighted by molar-refractivity contribution is 5.98. The molecule has 0 saturated heterocycles. The number of ether oxygens (including phenoxy) is 1. The normalized spacial score (nSPS) is 13.3. The number of hydrogen-bond acceptors (Lipinski definition) is 5. The third kappa shape index (κ3) is 4.28. The van der Waals surface area contributed by atoms with Crippen LogP contribution < -0.4 is 11.1 Å². The Morgan fingerprint density at radius 2 is 2.00 bits per heavy atom. The van der Waals surface area contributed by atoms with Crippen LogP contribution in [0.2, 0.25) is 0 Å². The van der Waals surface area contributed by atoms with Gasteiger partial charge >= 0.3 is 5.97 Å². The second-order valence-corrected chi connectivity index (χ2v) is 5.67. The fourth-order valence-corrected chi connectivity index (χ4v) is 2.11. The minimum Gasteiger partial charge on any atom is -0.465 e. The third-order valence-electron chi connectivity index (χ3n) is 3.17. The van der Waals surface area contributed by atoms with E-state index >= 15 is 0 Å². The molecule has 7 nitrogen and oxygen atoms in total. The van der Waals surface area contributed by atoms with E-state index in [1.54, 1.807) is 6.92 Å². The van der Waals surface area contributed by atoms with Crippen LogP contribution in [0.3, 0.4) is 0 Å². The molecule has 0 spiro atoms. The number of carbonyl (C=O) groups is 3. The minimum absolute atomic E-state index is 0.0869. The van der Waals surface area contributed by atoms with Crippen molar-refractivity contribution < 1.29 is 19.1 Å². The molecule has 120 valence electrons. The molecule has 1 heterocycles. The zero-order chi connectivity index (χ0) is 16.9. The molecular weight excluding hydrogens is 286 g/mol. The Labute approximate surface area is 129 Å². The van der Waals surface area contributed by atoms with Gasteiger partial charge in [-0.1, -0.05) is 13.8 Å². The number of pyridine rings is 1. The van der Waals surface area contributed by atoms with Crippen molar-refractivity contribution in [1.29, 1.82) is 0 Å². The molecule has 0 fully saturated rings. The SMILES string of the molecule is COC(=O)c1ccc(C(=O)NC(C)(CC(C)C)C(N)=O)nc1. The van der Waals surface area contributed by atoms with Crippen LogP contribution in [0.1, 0.15) is 48.0 Å². The van der Waals surface area contributed by atoms with Crippen molar-refractivity contribution in [2.24, 2.45) is 11.7 Å². The lowest BCUT2D eigenvalue weighted by molar-refractivity contribution is -0.124. The van der Waals surface area contributed by atoms with Gasteiger partial charge in [0.25, 0.3) is 5.91 Å². The average Bonchev–Trinajstić information content (AvgIpc) is 2.45. The fraction of sp³-hybridized carbons (Fsp3) is 0.467. The van der Waals surface area contributed by atoms with Crippen molar-refractivity contribution in [3.8, 4) is 0 Å². The summed E-state index contributed by atoms with van der Waals surface area (Å²) in [5.41, 5.74) is 4.56. The van der Waals surface area contributed by atoms with Crippen molar-refractivity contribution in [2.45, 2.75) is 32.7 Å². The number of carbonyl (C=O) groups excluding carboxylic acids is 3. The molecule has 22 heavy (non-hydrogen) atoms. The van der Waals surface area contributed by atoms with Gasteiger partial charge in [-0.3, -0.25) is 14.6 Å². The van der Waals surface area contributed by atoms with E-state index in [9.17, 15) is 14.4 Å². The Morgan fingerprint density at radius 1 is 1.36 bits per heavy atom. The molecule has 1 atom stereocenters. The quantitative estimate of drug-likeness (QED) is 0.758. The van der Waals surface area contributed by atoms with Crippen molar-refractivity contribution in [3.63, 3.8) is 0 Å². The zero-order valence-electron chi connectivity index (χ0n) is 13.2. The number of methoxy groups -OCH3 is 1. The molecule has 1 aromatic rings. The molecule has 0 aliphatic rings. The topological polar surface area (TPSA) is 111 Å². The van der Waals surface area contributed by atoms with Crippen LogP contribution in [0.15, 0.2) is 18.3 Å². The fourth-order valence-electron chi connectivity index (χ4n) is 2.11. The largest absolute Gasteiger partial charge is 0.465 e. The van der Waals surface area contributed by atoms with E-state index in [1.165, 1.54) is 25.4 Å². The standard InChI is InChI=1S/C15H21N3O4/c1-9(2)7-15(3,14(16)21)18-12(19)11-6-5-10(8-17-11)13(20)22-4/h5-6,8-9H,7H2,1-4H3,(H2,16,21)(H,18,19). The van der Waals surface area contributed by atoms with Gasteiger partial charge in [0, 0.05) is 6.20 Å². The Kier molecular flexibility index (Phi) is 5.62. The average molecular weight is 307 g/mol. The van der Waals surface area contributed by atoms with Gasteiger partial charge < -0.3 is 15.8 Å². The van der Waals surface area contributed by atoms with Crippen LogP contribution in [0.5, 0.6) is 0 Å². The van der Waals surface area contributed by atoms with Gasteiger partial charge in [0.05, 0.1) is 12.7 Å². The summed E-state index contributed by atoms with van der Waals surface area (Å²) in [6.07, 6.45) is 1.65. The van der Waals surface area contributed by atoms with Crippen molar-refractivity contribution in [3.05, 3.63) is 29.6 Å². The molecule has 0 radical (unpaired) electrons. The molecule has 0 aliphatic carbocycles. The van der Waals surface area contributed by atoms with Gasteiger partial charge in [-0.2, -0.15) is 0 Å². The Bertz CT molecular complexity index is 569. The molecular formula is C15H21N3O4. The summed E-state index contributed by atoms with van der Waals surface area (Å²) >= 11 is 0. The number of rotatable bonds is 6. The second kappa shape index (κ2) is 7.02. The summed E-state index contributed by atoms with van der Waals surface area (Å²) in [4.78, 5) is 39.0. The van der Waals surface area contributed by atoms with E-state index < -0.39 is 23.3 Å². The smallest absolute Gasteiger partial charge is 0.339 e. The molecule has 1 rings (SSSR count). The third-order valence-corrected chi connectivity index (χ3v) is 3.17. The molecule has 0 aliphatic heterocycles. The van der Waals surface area contributed by atoms with Gasteiger partial charge in [0.2, 0.25) is 5.91 Å². The van der Waals surface area contributed by atoms with Gasteiger partial charge in [-0.15, -0.1) is 0 Å². The molecule has 3 N–H and O–H groups in total. The van der Waals surface area contributed by atoms with Crippen molar-refractivity contribution >= 4 is 17.8 Å². The van der Waals surface area contributed by atoms with Crippen molar-refractivity contribution in [2.75, 3.05) is 7.11 Å². The summed E-state index contributed by atoms with van der Waals surface area (Å²) in [7, 11) is 1.26. The van der Waals surface area contributed by atoms with Crippen LogP contribution in [0.4, 0.5) is 0 Å². The summed E-state index contributed by atoms with van der Waals surface area (Å²) in [6, 6.07) is 2.82. The first-order chi connectivity index (χ1) is 10.2. The van der Waals surface area contributed by atoms with Gasteiger partial charge in [-0.05, 0) is 31.4 Å². The van der Waals surface area contributed by atoms with E-state index in [-0.39, 0.29) is 17.2 Å². The minimum atomic E-state index is -1.16. The first kappa shape index (κ1) is 17.6. The van der Waals surface area contributed by atoms with Crippen LogP contribution >= 0.6 is 0 Å². The van der Waals surface area contributed by atoms with Crippen LogP contribution in [0, 0.1) is 5.92 Å². The lowest BCUT2D eigenvalue weighted by Gasteiger charge is -2.29. The monoisotopic (exact) mass is 307 g/mol. The first-order valence-corrected chi connectivity index (χ1v) is 6.86. The van der Waals surface area contributed by atoms with Crippen molar-refractivity contribution in [1.82, 2.24) is 10.3 Å². The number of nitrogens with zero attached hydrogens (tertiary/aromatic N) is 1. The predicted octanol–water partition coefficient (Wildman–Crippen LogP) is 0.888. The van der Waals surface area contributed by atoms with Crippen LogP contribution in [-0.2, 0) is 9.53 Å². The molecule has 7 heteroatoms. The Hall–Kier alpha value is -2.44. The number of aromatic nitrogens is 1. The molecule has 2 amide bonds. The maximum Gasteiger partial charge on any atom is 0.339 e. The number of primary amides is 1. The van der Waals surface area contributed by atoms with Gasteiger partial charge in [-0.25, -0.2) is 4.79 Å².